The van der Waals surface area contributed by atoms with Crippen LogP contribution in [-0.2, 0) is 16.1 Å². The molecule has 6 heteroatoms. The molecule has 0 spiro atoms. The zero-order valence-corrected chi connectivity index (χ0v) is 12.8. The van der Waals surface area contributed by atoms with E-state index < -0.39 is 0 Å². The van der Waals surface area contributed by atoms with Crippen molar-refractivity contribution in [3.05, 3.63) is 30.1 Å². The van der Waals surface area contributed by atoms with Crippen molar-refractivity contribution in [3.8, 4) is 0 Å². The van der Waals surface area contributed by atoms with Gasteiger partial charge in [0.05, 0.1) is 24.2 Å². The number of ether oxygens (including phenoxy) is 1. The molecule has 1 unspecified atom stereocenters. The second kappa shape index (κ2) is 6.89. The minimum atomic E-state index is 0.0603. The van der Waals surface area contributed by atoms with E-state index in [1.54, 1.807) is 0 Å². The second-order valence-corrected chi connectivity index (χ2v) is 5.58. The maximum Gasteiger partial charge on any atom is 0.221 e. The van der Waals surface area contributed by atoms with E-state index in [-0.39, 0.29) is 11.9 Å². The zero-order chi connectivity index (χ0) is 15.4. The molecule has 1 fully saturated rings. The van der Waals surface area contributed by atoms with E-state index >= 15 is 0 Å². The Labute approximate surface area is 129 Å². The van der Waals surface area contributed by atoms with Crippen LogP contribution in [0.3, 0.4) is 0 Å². The van der Waals surface area contributed by atoms with Crippen molar-refractivity contribution in [2.45, 2.75) is 25.9 Å². The third-order valence-electron chi connectivity index (χ3n) is 3.93. The number of morpholine rings is 1. The predicted molar refractivity (Wildman–Crippen MR) is 84.7 cm³/mol. The highest BCUT2D eigenvalue weighted by Crippen LogP contribution is 2.14. The smallest absolute Gasteiger partial charge is 0.221 e. The van der Waals surface area contributed by atoms with Crippen LogP contribution in [0.4, 0.5) is 0 Å². The van der Waals surface area contributed by atoms with Crippen molar-refractivity contribution in [3.63, 3.8) is 0 Å². The van der Waals surface area contributed by atoms with Crippen molar-refractivity contribution < 1.29 is 9.53 Å². The highest BCUT2D eigenvalue weighted by molar-refractivity contribution is 5.77. The molecule has 1 saturated heterocycles. The van der Waals surface area contributed by atoms with Gasteiger partial charge in [-0.25, -0.2) is 4.98 Å². The molecule has 6 nitrogen and oxygen atoms in total. The van der Waals surface area contributed by atoms with Gasteiger partial charge in [-0.05, 0) is 19.1 Å². The Kier molecular flexibility index (Phi) is 4.70. The summed E-state index contributed by atoms with van der Waals surface area (Å²) in [5.74, 6) is 1.03. The topological polar surface area (TPSA) is 68.2 Å². The van der Waals surface area contributed by atoms with Crippen LogP contribution in [0.25, 0.3) is 11.0 Å². The molecular weight excluding hydrogens is 280 g/mol. The molecule has 2 N–H and O–H groups in total. The lowest BCUT2D eigenvalue weighted by Gasteiger charge is -2.23. The van der Waals surface area contributed by atoms with E-state index in [0.717, 1.165) is 36.6 Å². The third kappa shape index (κ3) is 3.45. The number of aryl methyl sites for hydroxylation is 1. The fourth-order valence-electron chi connectivity index (χ4n) is 2.83. The SMILES string of the molecule is Cc1nc2ccccc2n1CCNC(=O)CC1COCCN1. The Balaban J connectivity index is 1.51. The molecule has 0 aliphatic carbocycles. The van der Waals surface area contributed by atoms with Crippen LogP contribution in [0.15, 0.2) is 24.3 Å². The molecular formula is C16H22N4O2. The molecule has 2 heterocycles. The lowest BCUT2D eigenvalue weighted by Crippen LogP contribution is -2.44. The van der Waals surface area contributed by atoms with E-state index in [1.807, 2.05) is 25.1 Å². The number of para-hydroxylation sites is 2. The molecule has 0 radical (unpaired) electrons. The monoisotopic (exact) mass is 302 g/mol. The van der Waals surface area contributed by atoms with Crippen molar-refractivity contribution in [2.75, 3.05) is 26.3 Å². The number of fused-ring (bicyclic) bond motifs is 1. The van der Waals surface area contributed by atoms with Crippen LogP contribution in [0.5, 0.6) is 0 Å². The molecule has 1 atom stereocenters. The Morgan fingerprint density at radius 1 is 1.50 bits per heavy atom. The Bertz CT molecular complexity index is 647. The standard InChI is InChI=1S/C16H22N4O2/c1-12-19-14-4-2-3-5-15(14)20(12)8-6-18-16(21)10-13-11-22-9-7-17-13/h2-5,13,17H,6-11H2,1H3,(H,18,21). The summed E-state index contributed by atoms with van der Waals surface area (Å²) < 4.78 is 7.49. The summed E-state index contributed by atoms with van der Waals surface area (Å²) in [4.78, 5) is 16.5. The number of imidazole rings is 1. The second-order valence-electron chi connectivity index (χ2n) is 5.58. The fraction of sp³-hybridized carbons (Fsp3) is 0.500. The highest BCUT2D eigenvalue weighted by atomic mass is 16.5. The number of carbonyl (C=O) groups excluding carboxylic acids is 1. The molecule has 118 valence electrons. The normalized spacial score (nSPS) is 18.5. The number of nitrogens with zero attached hydrogens (tertiary/aromatic N) is 2. The molecule has 1 aliphatic rings. The van der Waals surface area contributed by atoms with Gasteiger partial charge < -0.3 is 19.9 Å². The maximum absolute atomic E-state index is 12.0. The number of amides is 1. The number of benzene rings is 1. The first-order valence-corrected chi connectivity index (χ1v) is 7.74. The number of hydrogen-bond donors (Lipinski definition) is 2. The van der Waals surface area contributed by atoms with E-state index in [0.29, 0.717) is 19.6 Å². The van der Waals surface area contributed by atoms with Gasteiger partial charge in [-0.15, -0.1) is 0 Å². The van der Waals surface area contributed by atoms with E-state index in [4.69, 9.17) is 4.74 Å². The van der Waals surface area contributed by atoms with E-state index in [2.05, 4.69) is 26.3 Å². The molecule has 1 amide bonds. The van der Waals surface area contributed by atoms with Crippen LogP contribution in [-0.4, -0.2) is 47.8 Å². The first-order chi connectivity index (χ1) is 10.7. The summed E-state index contributed by atoms with van der Waals surface area (Å²) in [6.07, 6.45) is 0.462. The van der Waals surface area contributed by atoms with Gasteiger partial charge >= 0.3 is 0 Å². The summed E-state index contributed by atoms with van der Waals surface area (Å²) in [5.41, 5.74) is 2.10. The summed E-state index contributed by atoms with van der Waals surface area (Å²) in [5, 5.41) is 6.26. The molecule has 1 aromatic heterocycles. The number of aromatic nitrogens is 2. The van der Waals surface area contributed by atoms with Gasteiger partial charge in [-0.3, -0.25) is 4.79 Å². The molecule has 2 aromatic rings. The molecule has 0 bridgehead atoms. The lowest BCUT2D eigenvalue weighted by atomic mass is 10.2. The van der Waals surface area contributed by atoms with E-state index in [1.165, 1.54) is 0 Å². The molecule has 1 aliphatic heterocycles. The Morgan fingerprint density at radius 2 is 2.36 bits per heavy atom. The summed E-state index contributed by atoms with van der Waals surface area (Å²) in [7, 11) is 0. The molecule has 3 rings (SSSR count). The van der Waals surface area contributed by atoms with Crippen molar-refractivity contribution in [2.24, 2.45) is 0 Å². The minimum Gasteiger partial charge on any atom is -0.378 e. The van der Waals surface area contributed by atoms with Gasteiger partial charge in [0.25, 0.3) is 0 Å². The average molecular weight is 302 g/mol. The number of rotatable bonds is 5. The first kappa shape index (κ1) is 15.0. The lowest BCUT2D eigenvalue weighted by molar-refractivity contribution is -0.122. The third-order valence-corrected chi connectivity index (χ3v) is 3.93. The average Bonchev–Trinajstić information content (AvgIpc) is 2.84. The summed E-state index contributed by atoms with van der Waals surface area (Å²) in [6, 6.07) is 8.18. The summed E-state index contributed by atoms with van der Waals surface area (Å²) >= 11 is 0. The number of hydrogen-bond acceptors (Lipinski definition) is 4. The number of carbonyl (C=O) groups is 1. The quantitative estimate of drug-likeness (QED) is 0.859. The van der Waals surface area contributed by atoms with Crippen LogP contribution in [0.2, 0.25) is 0 Å². The summed E-state index contributed by atoms with van der Waals surface area (Å²) in [6.45, 7) is 5.48. The Morgan fingerprint density at radius 3 is 3.18 bits per heavy atom. The van der Waals surface area contributed by atoms with Crippen molar-refractivity contribution in [1.29, 1.82) is 0 Å². The molecule has 0 saturated carbocycles. The van der Waals surface area contributed by atoms with Gasteiger partial charge in [-0.2, -0.15) is 0 Å². The number of nitrogens with one attached hydrogen (secondary N) is 2. The van der Waals surface area contributed by atoms with Crippen molar-refractivity contribution in [1.82, 2.24) is 20.2 Å². The van der Waals surface area contributed by atoms with Crippen LogP contribution >= 0.6 is 0 Å². The van der Waals surface area contributed by atoms with Crippen LogP contribution in [0.1, 0.15) is 12.2 Å². The van der Waals surface area contributed by atoms with Crippen LogP contribution in [0, 0.1) is 6.92 Å². The van der Waals surface area contributed by atoms with Gasteiger partial charge in [0.2, 0.25) is 5.91 Å². The first-order valence-electron chi connectivity index (χ1n) is 7.74. The van der Waals surface area contributed by atoms with Gasteiger partial charge in [0, 0.05) is 32.1 Å². The molecule has 22 heavy (non-hydrogen) atoms. The van der Waals surface area contributed by atoms with Crippen LogP contribution < -0.4 is 10.6 Å². The fourth-order valence-corrected chi connectivity index (χ4v) is 2.83. The van der Waals surface area contributed by atoms with Gasteiger partial charge in [0.1, 0.15) is 5.82 Å². The predicted octanol–water partition coefficient (Wildman–Crippen LogP) is 0.839. The maximum atomic E-state index is 12.0. The minimum absolute atomic E-state index is 0.0603. The van der Waals surface area contributed by atoms with Crippen molar-refractivity contribution >= 4 is 16.9 Å². The highest BCUT2D eigenvalue weighted by Gasteiger charge is 2.16. The van der Waals surface area contributed by atoms with Gasteiger partial charge in [-0.1, -0.05) is 12.1 Å². The molecule has 1 aromatic carbocycles. The Hall–Kier alpha value is -1.92. The van der Waals surface area contributed by atoms with E-state index in [9.17, 15) is 4.79 Å². The van der Waals surface area contributed by atoms with Gasteiger partial charge in [0.15, 0.2) is 0 Å². The zero-order valence-electron chi connectivity index (χ0n) is 12.8. The largest absolute Gasteiger partial charge is 0.378 e.